The molecule has 2 aromatic carbocycles. The number of benzene rings is 2. The molecule has 1 aliphatic heterocycles. The Hall–Kier alpha value is -2.96. The van der Waals surface area contributed by atoms with Crippen molar-refractivity contribution >= 4 is 39.9 Å². The number of aromatic amines is 1. The van der Waals surface area contributed by atoms with Gasteiger partial charge in [-0.2, -0.15) is 0 Å². The second kappa shape index (κ2) is 7.38. The van der Waals surface area contributed by atoms with Crippen LogP contribution in [-0.4, -0.2) is 32.3 Å². The third-order valence-corrected chi connectivity index (χ3v) is 6.51. The predicted molar refractivity (Wildman–Crippen MR) is 121 cm³/mol. The van der Waals surface area contributed by atoms with Crippen molar-refractivity contribution in [1.82, 2.24) is 19.9 Å². The van der Waals surface area contributed by atoms with Crippen molar-refractivity contribution in [2.75, 3.05) is 6.54 Å². The van der Waals surface area contributed by atoms with Crippen LogP contribution >= 0.6 is 22.9 Å². The average Bonchev–Trinajstić information content (AvgIpc) is 3.43. The van der Waals surface area contributed by atoms with Crippen LogP contribution in [0, 0.1) is 6.92 Å². The van der Waals surface area contributed by atoms with Crippen LogP contribution in [-0.2, 0) is 0 Å². The number of nitrogens with one attached hydrogen (secondary N) is 1. The number of aryl methyl sites for hydroxylation is 1. The van der Waals surface area contributed by atoms with E-state index in [1.54, 1.807) is 0 Å². The molecule has 1 aliphatic rings. The monoisotopic (exact) mass is 434 g/mol. The van der Waals surface area contributed by atoms with Gasteiger partial charge >= 0.3 is 0 Å². The number of carbonyl (C=O) groups excluding carboxylic acids is 1. The van der Waals surface area contributed by atoms with Crippen LogP contribution < -0.4 is 0 Å². The highest BCUT2D eigenvalue weighted by atomic mass is 35.5. The maximum Gasteiger partial charge on any atom is 0.274 e. The fourth-order valence-electron chi connectivity index (χ4n) is 3.92. The number of rotatable bonds is 3. The van der Waals surface area contributed by atoms with E-state index in [9.17, 15) is 4.79 Å². The summed E-state index contributed by atoms with van der Waals surface area (Å²) in [5, 5.41) is 1.47. The van der Waals surface area contributed by atoms with Crippen molar-refractivity contribution in [1.29, 1.82) is 0 Å². The molecule has 3 heterocycles. The van der Waals surface area contributed by atoms with Crippen LogP contribution in [0.3, 0.4) is 0 Å². The topological polar surface area (TPSA) is 61.9 Å². The highest BCUT2D eigenvalue weighted by molar-refractivity contribution is 7.15. The normalized spacial score (nSPS) is 16.5. The van der Waals surface area contributed by atoms with Gasteiger partial charge in [-0.25, -0.2) is 9.97 Å². The number of likely N-dealkylation sites (tertiary alicyclic amines) is 1. The first-order valence-electron chi connectivity index (χ1n) is 9.65. The number of halogens is 1. The lowest BCUT2D eigenvalue weighted by atomic mass is 10.1. The molecule has 0 bridgehead atoms. The third-order valence-electron chi connectivity index (χ3n) is 5.26. The summed E-state index contributed by atoms with van der Waals surface area (Å²) in [6, 6.07) is 15.2. The number of aromatic nitrogens is 3. The van der Waals surface area contributed by atoms with E-state index in [1.165, 1.54) is 11.3 Å². The third kappa shape index (κ3) is 3.32. The van der Waals surface area contributed by atoms with Gasteiger partial charge in [0.05, 0.1) is 27.0 Å². The van der Waals surface area contributed by atoms with Crippen LogP contribution in [0.5, 0.6) is 0 Å². The van der Waals surface area contributed by atoms with Gasteiger partial charge in [-0.1, -0.05) is 48.0 Å². The quantitative estimate of drug-likeness (QED) is 0.415. The Balaban J connectivity index is 1.54. The van der Waals surface area contributed by atoms with E-state index in [0.717, 1.165) is 37.9 Å². The lowest BCUT2D eigenvalue weighted by Crippen LogP contribution is -2.31. The van der Waals surface area contributed by atoms with Crippen LogP contribution in [0.4, 0.5) is 0 Å². The molecular formula is C23H19ClN4OS. The van der Waals surface area contributed by atoms with E-state index in [1.807, 2.05) is 60.4 Å². The van der Waals surface area contributed by atoms with Crippen LogP contribution in [0.2, 0.25) is 5.02 Å². The number of amides is 1. The molecule has 1 fully saturated rings. The second-order valence-corrected chi connectivity index (χ2v) is 9.10. The smallest absolute Gasteiger partial charge is 0.274 e. The molecule has 4 aromatic rings. The molecule has 30 heavy (non-hydrogen) atoms. The summed E-state index contributed by atoms with van der Waals surface area (Å²) >= 11 is 7.69. The molecule has 0 aliphatic carbocycles. The molecular weight excluding hydrogens is 416 g/mol. The van der Waals surface area contributed by atoms with Crippen molar-refractivity contribution in [3.8, 4) is 10.4 Å². The highest BCUT2D eigenvalue weighted by Gasteiger charge is 2.36. The van der Waals surface area contributed by atoms with Crippen LogP contribution in [0.25, 0.3) is 21.5 Å². The van der Waals surface area contributed by atoms with Gasteiger partial charge in [0.25, 0.3) is 5.91 Å². The number of thiazole rings is 1. The maximum atomic E-state index is 13.6. The number of H-pyrrole nitrogens is 1. The average molecular weight is 435 g/mol. The van der Waals surface area contributed by atoms with E-state index in [2.05, 4.69) is 16.5 Å². The Morgan fingerprint density at radius 1 is 1.23 bits per heavy atom. The summed E-state index contributed by atoms with van der Waals surface area (Å²) in [5.41, 5.74) is 4.21. The number of hydrogen-bond donors (Lipinski definition) is 1. The lowest BCUT2D eigenvalue weighted by molar-refractivity contribution is 0.0728. The standard InChI is InChI=1S/C23H19ClN4OS/c1-13-10-19(22-26-17-8-3-4-9-18(17)27-22)28(12-13)23(29)20-21(30-14(2)25-20)15-6-5-7-16(24)11-15/h3-9,11,19H,1,10,12H2,2H3,(H,26,27)/t19-/m0/s1. The highest BCUT2D eigenvalue weighted by Crippen LogP contribution is 2.38. The molecule has 0 unspecified atom stereocenters. The van der Waals surface area contributed by atoms with Crippen molar-refractivity contribution in [3.05, 3.63) is 82.2 Å². The zero-order valence-corrected chi connectivity index (χ0v) is 17.9. The molecule has 0 radical (unpaired) electrons. The summed E-state index contributed by atoms with van der Waals surface area (Å²) in [4.78, 5) is 29.0. The molecule has 1 atom stereocenters. The Morgan fingerprint density at radius 3 is 2.87 bits per heavy atom. The molecule has 0 saturated carbocycles. The van der Waals surface area contributed by atoms with E-state index in [-0.39, 0.29) is 11.9 Å². The fraction of sp³-hybridized carbons (Fsp3) is 0.174. The van der Waals surface area contributed by atoms with Gasteiger partial charge in [0.15, 0.2) is 0 Å². The summed E-state index contributed by atoms with van der Waals surface area (Å²) in [6.45, 7) is 6.54. The van der Waals surface area contributed by atoms with E-state index < -0.39 is 0 Å². The largest absolute Gasteiger partial charge is 0.340 e. The van der Waals surface area contributed by atoms with Gasteiger partial charge in [0.2, 0.25) is 0 Å². The summed E-state index contributed by atoms with van der Waals surface area (Å²) in [6.07, 6.45) is 0.682. The number of fused-ring (bicyclic) bond motifs is 1. The number of hydrogen-bond acceptors (Lipinski definition) is 4. The Morgan fingerprint density at radius 2 is 2.07 bits per heavy atom. The van der Waals surface area contributed by atoms with E-state index in [4.69, 9.17) is 16.6 Å². The van der Waals surface area contributed by atoms with Crippen molar-refractivity contribution in [2.24, 2.45) is 0 Å². The van der Waals surface area contributed by atoms with Gasteiger partial charge in [-0.15, -0.1) is 11.3 Å². The summed E-state index contributed by atoms with van der Waals surface area (Å²) in [7, 11) is 0. The number of carbonyl (C=O) groups is 1. The van der Waals surface area contributed by atoms with Gasteiger partial charge in [0.1, 0.15) is 11.5 Å². The maximum absolute atomic E-state index is 13.6. The zero-order chi connectivity index (χ0) is 20.8. The first-order valence-corrected chi connectivity index (χ1v) is 10.8. The molecule has 0 spiro atoms. The van der Waals surface area contributed by atoms with Crippen LogP contribution in [0.15, 0.2) is 60.7 Å². The molecule has 1 amide bonds. The molecule has 1 N–H and O–H groups in total. The van der Waals surface area contributed by atoms with E-state index >= 15 is 0 Å². The Labute approximate surface area is 183 Å². The minimum Gasteiger partial charge on any atom is -0.340 e. The van der Waals surface area contributed by atoms with Crippen molar-refractivity contribution < 1.29 is 4.79 Å². The Bertz CT molecular complexity index is 1260. The molecule has 1 saturated heterocycles. The molecule has 5 rings (SSSR count). The SMILES string of the molecule is C=C1C[C@@H](c2nc3ccccc3[nH]2)N(C(=O)c2nc(C)sc2-c2cccc(Cl)c2)C1. The summed E-state index contributed by atoms with van der Waals surface area (Å²) in [5.74, 6) is 0.665. The fourth-order valence-corrected chi connectivity index (χ4v) is 5.02. The predicted octanol–water partition coefficient (Wildman–Crippen LogP) is 5.79. The van der Waals surface area contributed by atoms with E-state index in [0.29, 0.717) is 23.7 Å². The number of para-hydroxylation sites is 2. The summed E-state index contributed by atoms with van der Waals surface area (Å²) < 4.78 is 0. The zero-order valence-electron chi connectivity index (χ0n) is 16.4. The van der Waals surface area contributed by atoms with Gasteiger partial charge in [0, 0.05) is 11.6 Å². The van der Waals surface area contributed by atoms with Gasteiger partial charge in [-0.3, -0.25) is 4.79 Å². The molecule has 5 nitrogen and oxygen atoms in total. The lowest BCUT2D eigenvalue weighted by Gasteiger charge is -2.22. The molecule has 150 valence electrons. The first-order chi connectivity index (χ1) is 14.5. The van der Waals surface area contributed by atoms with Crippen molar-refractivity contribution in [2.45, 2.75) is 19.4 Å². The second-order valence-electron chi connectivity index (χ2n) is 7.46. The van der Waals surface area contributed by atoms with Gasteiger partial charge < -0.3 is 9.88 Å². The van der Waals surface area contributed by atoms with Crippen LogP contribution in [0.1, 0.15) is 33.8 Å². The molecule has 7 heteroatoms. The minimum absolute atomic E-state index is 0.113. The van der Waals surface area contributed by atoms with Crippen molar-refractivity contribution in [3.63, 3.8) is 0 Å². The first kappa shape index (κ1) is 19.0. The number of imidazole rings is 1. The minimum atomic E-state index is -0.188. The Kier molecular flexibility index (Phi) is 4.68. The van der Waals surface area contributed by atoms with Gasteiger partial charge in [-0.05, 0) is 43.2 Å². The number of nitrogens with zero attached hydrogens (tertiary/aromatic N) is 3. The molecule has 2 aromatic heterocycles.